The van der Waals surface area contributed by atoms with Crippen molar-refractivity contribution in [3.63, 3.8) is 0 Å². The van der Waals surface area contributed by atoms with Crippen LogP contribution in [0.1, 0.15) is 31.8 Å². The summed E-state index contributed by atoms with van der Waals surface area (Å²) < 4.78 is 0. The molecule has 1 aliphatic heterocycles. The summed E-state index contributed by atoms with van der Waals surface area (Å²) in [4.78, 5) is 35.1. The molecule has 0 atom stereocenters. The normalized spacial score (nSPS) is 12.5. The topological polar surface area (TPSA) is 75.2 Å². The Kier molecular flexibility index (Phi) is 4.61. The van der Waals surface area contributed by atoms with Crippen LogP contribution in [0, 0.1) is 0 Å². The summed E-state index contributed by atoms with van der Waals surface area (Å²) >= 11 is 0. The molecule has 3 heterocycles. The predicted octanol–water partition coefficient (Wildman–Crippen LogP) is 2.61. The fraction of sp³-hybridized carbons (Fsp3) is 0.143. The van der Waals surface area contributed by atoms with Crippen LogP contribution >= 0.6 is 0 Å². The summed E-state index contributed by atoms with van der Waals surface area (Å²) in [6.45, 7) is 1.02. The lowest BCUT2D eigenvalue weighted by Gasteiger charge is -2.17. The molecule has 6 heteroatoms. The number of benzene rings is 1. The monoisotopic (exact) mass is 358 g/mol. The van der Waals surface area contributed by atoms with Crippen molar-refractivity contribution in [1.29, 1.82) is 0 Å². The van der Waals surface area contributed by atoms with E-state index in [9.17, 15) is 9.59 Å². The highest BCUT2D eigenvalue weighted by Crippen LogP contribution is 2.28. The van der Waals surface area contributed by atoms with Gasteiger partial charge in [-0.1, -0.05) is 18.2 Å². The van der Waals surface area contributed by atoms with E-state index in [2.05, 4.69) is 15.3 Å². The zero-order valence-corrected chi connectivity index (χ0v) is 14.6. The minimum absolute atomic E-state index is 0.142. The Labute approximate surface area is 156 Å². The molecule has 134 valence electrons. The lowest BCUT2D eigenvalue weighted by atomic mass is 10.1. The highest BCUT2D eigenvalue weighted by Gasteiger charge is 2.25. The first kappa shape index (κ1) is 16.9. The molecule has 0 fully saturated rings. The quantitative estimate of drug-likeness (QED) is 0.778. The van der Waals surface area contributed by atoms with Gasteiger partial charge in [-0.05, 0) is 41.8 Å². The number of rotatable bonds is 4. The standard InChI is InChI=1S/C21H18N4O2/c26-20(24-12-15-5-8-22-9-6-15)17-11-18(14-23-13-17)21(27)25-10-7-16-3-1-2-4-19(16)25/h1-6,8-9,11,13-14H,7,10,12H2,(H,24,26). The molecular formula is C21H18N4O2. The zero-order valence-electron chi connectivity index (χ0n) is 14.6. The number of nitrogens with zero attached hydrogens (tertiary/aromatic N) is 3. The number of carbonyl (C=O) groups excluding carboxylic acids is 2. The van der Waals surface area contributed by atoms with Crippen LogP contribution in [0.3, 0.4) is 0 Å². The average molecular weight is 358 g/mol. The maximum atomic E-state index is 12.9. The molecule has 4 rings (SSSR count). The van der Waals surface area contributed by atoms with Gasteiger partial charge in [0.15, 0.2) is 0 Å². The van der Waals surface area contributed by atoms with E-state index >= 15 is 0 Å². The molecule has 3 aromatic rings. The van der Waals surface area contributed by atoms with Crippen LogP contribution in [0.4, 0.5) is 5.69 Å². The third kappa shape index (κ3) is 3.55. The summed E-state index contributed by atoms with van der Waals surface area (Å²) in [6.07, 6.45) is 7.16. The number of hydrogen-bond donors (Lipinski definition) is 1. The maximum Gasteiger partial charge on any atom is 0.259 e. The number of aromatic nitrogens is 2. The Bertz CT molecular complexity index is 988. The summed E-state index contributed by atoms with van der Waals surface area (Å²) in [5.41, 5.74) is 3.80. The fourth-order valence-electron chi connectivity index (χ4n) is 3.17. The minimum Gasteiger partial charge on any atom is -0.348 e. The van der Waals surface area contributed by atoms with E-state index in [0.29, 0.717) is 24.2 Å². The molecule has 0 saturated carbocycles. The fourth-order valence-corrected chi connectivity index (χ4v) is 3.17. The third-order valence-electron chi connectivity index (χ3n) is 4.58. The van der Waals surface area contributed by atoms with Crippen LogP contribution in [-0.4, -0.2) is 28.3 Å². The predicted molar refractivity (Wildman–Crippen MR) is 101 cm³/mol. The first-order valence-corrected chi connectivity index (χ1v) is 8.74. The van der Waals surface area contributed by atoms with Crippen molar-refractivity contribution in [3.8, 4) is 0 Å². The van der Waals surface area contributed by atoms with E-state index in [1.807, 2.05) is 36.4 Å². The number of nitrogens with one attached hydrogen (secondary N) is 1. The van der Waals surface area contributed by atoms with Gasteiger partial charge in [0.2, 0.25) is 0 Å². The zero-order chi connectivity index (χ0) is 18.6. The van der Waals surface area contributed by atoms with Gasteiger partial charge in [0.05, 0.1) is 11.1 Å². The molecule has 2 aromatic heterocycles. The number of hydrogen-bond acceptors (Lipinski definition) is 4. The Hall–Kier alpha value is -3.54. The van der Waals surface area contributed by atoms with E-state index in [4.69, 9.17) is 0 Å². The van der Waals surface area contributed by atoms with E-state index in [0.717, 1.165) is 23.2 Å². The molecule has 0 bridgehead atoms. The van der Waals surface area contributed by atoms with Crippen LogP contribution in [0.15, 0.2) is 67.3 Å². The van der Waals surface area contributed by atoms with Crippen LogP contribution in [0.25, 0.3) is 0 Å². The van der Waals surface area contributed by atoms with Gasteiger partial charge in [-0.25, -0.2) is 0 Å². The SMILES string of the molecule is O=C(NCc1ccncc1)c1cncc(C(=O)N2CCc3ccccc32)c1. The van der Waals surface area contributed by atoms with E-state index < -0.39 is 0 Å². The van der Waals surface area contributed by atoms with Crippen molar-refractivity contribution < 1.29 is 9.59 Å². The van der Waals surface area contributed by atoms with Gasteiger partial charge in [0, 0.05) is 43.6 Å². The second-order valence-electron chi connectivity index (χ2n) is 6.34. The van der Waals surface area contributed by atoms with Crippen LogP contribution < -0.4 is 10.2 Å². The summed E-state index contributed by atoms with van der Waals surface area (Å²) in [7, 11) is 0. The smallest absolute Gasteiger partial charge is 0.259 e. The van der Waals surface area contributed by atoms with Gasteiger partial charge >= 0.3 is 0 Å². The highest BCUT2D eigenvalue weighted by atomic mass is 16.2. The number of carbonyl (C=O) groups is 2. The average Bonchev–Trinajstić information content (AvgIpc) is 3.16. The van der Waals surface area contributed by atoms with E-state index in [-0.39, 0.29) is 11.8 Å². The van der Waals surface area contributed by atoms with Crippen molar-refractivity contribution >= 4 is 17.5 Å². The first-order valence-electron chi connectivity index (χ1n) is 8.74. The molecular weight excluding hydrogens is 340 g/mol. The summed E-state index contributed by atoms with van der Waals surface area (Å²) in [6, 6.07) is 13.1. The van der Waals surface area contributed by atoms with Crippen molar-refractivity contribution in [3.05, 3.63) is 89.5 Å². The lowest BCUT2D eigenvalue weighted by Crippen LogP contribution is -2.29. The largest absolute Gasteiger partial charge is 0.348 e. The molecule has 1 aliphatic rings. The van der Waals surface area contributed by atoms with Crippen molar-refractivity contribution in [1.82, 2.24) is 15.3 Å². The van der Waals surface area contributed by atoms with Gasteiger partial charge in [-0.15, -0.1) is 0 Å². The van der Waals surface area contributed by atoms with Crippen LogP contribution in [-0.2, 0) is 13.0 Å². The van der Waals surface area contributed by atoms with Gasteiger partial charge in [0.1, 0.15) is 0 Å². The van der Waals surface area contributed by atoms with Crippen molar-refractivity contribution in [2.75, 3.05) is 11.4 Å². The molecule has 0 saturated heterocycles. The van der Waals surface area contributed by atoms with Gasteiger partial charge in [-0.3, -0.25) is 19.6 Å². The molecule has 0 unspecified atom stereocenters. The molecule has 27 heavy (non-hydrogen) atoms. The molecule has 0 spiro atoms. The van der Waals surface area contributed by atoms with Gasteiger partial charge < -0.3 is 10.2 Å². The van der Waals surface area contributed by atoms with Crippen molar-refractivity contribution in [2.45, 2.75) is 13.0 Å². The van der Waals surface area contributed by atoms with E-state index in [1.165, 1.54) is 12.4 Å². The Balaban J connectivity index is 1.49. The number of para-hydroxylation sites is 1. The van der Waals surface area contributed by atoms with Gasteiger partial charge in [-0.2, -0.15) is 0 Å². The highest BCUT2D eigenvalue weighted by molar-refractivity contribution is 6.08. The molecule has 0 aliphatic carbocycles. The van der Waals surface area contributed by atoms with Crippen LogP contribution in [0.2, 0.25) is 0 Å². The lowest BCUT2D eigenvalue weighted by molar-refractivity contribution is 0.0950. The number of fused-ring (bicyclic) bond motifs is 1. The molecule has 0 radical (unpaired) electrons. The third-order valence-corrected chi connectivity index (χ3v) is 4.58. The summed E-state index contributed by atoms with van der Waals surface area (Å²) in [5, 5.41) is 2.83. The van der Waals surface area contributed by atoms with Crippen LogP contribution in [0.5, 0.6) is 0 Å². The Morgan fingerprint density at radius 1 is 1.00 bits per heavy atom. The van der Waals surface area contributed by atoms with E-state index in [1.54, 1.807) is 23.4 Å². The van der Waals surface area contributed by atoms with Crippen molar-refractivity contribution in [2.24, 2.45) is 0 Å². The van der Waals surface area contributed by atoms with Gasteiger partial charge in [0.25, 0.3) is 11.8 Å². The first-order chi connectivity index (χ1) is 13.2. The number of amides is 2. The molecule has 1 N–H and O–H groups in total. The second-order valence-corrected chi connectivity index (χ2v) is 6.34. The Morgan fingerprint density at radius 2 is 1.78 bits per heavy atom. The maximum absolute atomic E-state index is 12.9. The summed E-state index contributed by atoms with van der Waals surface area (Å²) in [5.74, 6) is -0.410. The number of pyridine rings is 2. The minimum atomic E-state index is -0.268. The molecule has 1 aromatic carbocycles. The molecule has 6 nitrogen and oxygen atoms in total. The second kappa shape index (κ2) is 7.37. The molecule has 2 amide bonds. The Morgan fingerprint density at radius 3 is 2.63 bits per heavy atom. The number of anilines is 1.